The van der Waals surface area contributed by atoms with E-state index >= 15 is 0 Å². The number of alkyl halides is 3. The Morgan fingerprint density at radius 3 is 2.38 bits per heavy atom. The van der Waals surface area contributed by atoms with Crippen molar-refractivity contribution in [2.24, 2.45) is 11.3 Å². The zero-order valence-corrected chi connectivity index (χ0v) is 18.1. The van der Waals surface area contributed by atoms with Crippen LogP contribution in [0.15, 0.2) is 36.4 Å². The second kappa shape index (κ2) is 8.73. The van der Waals surface area contributed by atoms with Crippen molar-refractivity contribution >= 4 is 29.2 Å². The highest BCUT2D eigenvalue weighted by atomic mass is 35.5. The van der Waals surface area contributed by atoms with E-state index < -0.39 is 46.7 Å². The van der Waals surface area contributed by atoms with E-state index in [1.807, 2.05) is 0 Å². The van der Waals surface area contributed by atoms with Crippen molar-refractivity contribution in [3.63, 3.8) is 0 Å². The molecule has 9 heteroatoms. The number of nitrogens with one attached hydrogen (secondary N) is 1. The van der Waals surface area contributed by atoms with Gasteiger partial charge in [0.15, 0.2) is 0 Å². The quantitative estimate of drug-likeness (QED) is 0.478. The van der Waals surface area contributed by atoms with Crippen LogP contribution < -0.4 is 5.32 Å². The molecule has 0 saturated heterocycles. The number of carboxylic acids is 1. The van der Waals surface area contributed by atoms with Crippen LogP contribution in [0.1, 0.15) is 42.4 Å². The van der Waals surface area contributed by atoms with Gasteiger partial charge in [-0.2, -0.15) is 13.2 Å². The number of hydrogen-bond acceptors (Lipinski definition) is 2. The number of aliphatic carboxylic acids is 1. The Morgan fingerprint density at radius 1 is 1.19 bits per heavy atom. The lowest BCUT2D eigenvalue weighted by Gasteiger charge is -2.26. The van der Waals surface area contributed by atoms with Crippen LogP contribution in [0.5, 0.6) is 0 Å². The van der Waals surface area contributed by atoms with Crippen molar-refractivity contribution in [2.75, 3.05) is 5.32 Å². The lowest BCUT2D eigenvalue weighted by Crippen LogP contribution is -2.35. The molecule has 2 atom stereocenters. The number of anilines is 1. The summed E-state index contributed by atoms with van der Waals surface area (Å²) in [5, 5.41) is 11.9. The van der Waals surface area contributed by atoms with Gasteiger partial charge in [-0.15, -0.1) is 0 Å². The molecule has 32 heavy (non-hydrogen) atoms. The molecule has 1 aliphatic rings. The van der Waals surface area contributed by atoms with Gasteiger partial charge in [-0.05, 0) is 55.5 Å². The third-order valence-corrected chi connectivity index (χ3v) is 6.24. The summed E-state index contributed by atoms with van der Waals surface area (Å²) in [6.07, 6.45) is -3.41. The average Bonchev–Trinajstić information content (AvgIpc) is 3.46. The van der Waals surface area contributed by atoms with Crippen LogP contribution in [-0.4, -0.2) is 23.2 Å². The topological polar surface area (TPSA) is 66.4 Å². The molecule has 4 nitrogen and oxygen atoms in total. The van der Waals surface area contributed by atoms with Gasteiger partial charge in [-0.1, -0.05) is 36.7 Å². The second-order valence-electron chi connectivity index (χ2n) is 8.37. The van der Waals surface area contributed by atoms with Crippen molar-refractivity contribution in [3.8, 4) is 0 Å². The zero-order chi connectivity index (χ0) is 23.8. The van der Waals surface area contributed by atoms with E-state index in [2.05, 4.69) is 5.32 Å². The normalized spacial score (nSPS) is 16.8. The number of carbonyl (C=O) groups is 2. The molecule has 0 aromatic heterocycles. The van der Waals surface area contributed by atoms with Gasteiger partial charge in [0.1, 0.15) is 5.82 Å². The number of benzene rings is 2. The largest absolute Gasteiger partial charge is 0.481 e. The number of halogens is 5. The molecule has 1 saturated carbocycles. The maximum absolute atomic E-state index is 14.5. The van der Waals surface area contributed by atoms with Gasteiger partial charge < -0.3 is 10.4 Å². The van der Waals surface area contributed by atoms with E-state index in [0.717, 1.165) is 19.1 Å². The summed E-state index contributed by atoms with van der Waals surface area (Å²) in [5.41, 5.74) is 0.230. The van der Waals surface area contributed by atoms with Crippen LogP contribution in [-0.2, 0) is 16.0 Å². The lowest BCUT2D eigenvalue weighted by molar-refractivity contribution is -0.178. The summed E-state index contributed by atoms with van der Waals surface area (Å²) in [7, 11) is 0. The minimum Gasteiger partial charge on any atom is -0.481 e. The van der Waals surface area contributed by atoms with Gasteiger partial charge in [0.25, 0.3) is 0 Å². The molecule has 1 fully saturated rings. The minimum absolute atomic E-state index is 0.000973. The molecule has 172 valence electrons. The van der Waals surface area contributed by atoms with Crippen LogP contribution in [0, 0.1) is 24.1 Å². The van der Waals surface area contributed by atoms with E-state index in [4.69, 9.17) is 11.6 Å². The predicted molar refractivity (Wildman–Crippen MR) is 112 cm³/mol. The molecular formula is C23H22ClF4NO3. The molecule has 0 bridgehead atoms. The summed E-state index contributed by atoms with van der Waals surface area (Å²) in [6, 6.07) is 8.13. The fourth-order valence-electron chi connectivity index (χ4n) is 3.71. The van der Waals surface area contributed by atoms with Crippen molar-refractivity contribution in [3.05, 3.63) is 63.9 Å². The number of rotatable bonds is 7. The first-order chi connectivity index (χ1) is 14.8. The van der Waals surface area contributed by atoms with E-state index in [1.165, 1.54) is 6.07 Å². The van der Waals surface area contributed by atoms with Crippen molar-refractivity contribution in [2.45, 2.75) is 45.2 Å². The van der Waals surface area contributed by atoms with Gasteiger partial charge >= 0.3 is 12.1 Å². The molecule has 2 aromatic carbocycles. The van der Waals surface area contributed by atoms with Gasteiger partial charge in [-0.25, -0.2) is 4.39 Å². The number of aryl methyl sites for hydroxylation is 1. The maximum atomic E-state index is 14.5. The van der Waals surface area contributed by atoms with E-state index in [-0.39, 0.29) is 17.1 Å². The number of carbonyl (C=O) groups excluding carboxylic acids is 1. The van der Waals surface area contributed by atoms with Gasteiger partial charge in [0.05, 0.1) is 17.3 Å². The monoisotopic (exact) mass is 471 g/mol. The Hall–Kier alpha value is -2.61. The highest BCUT2D eigenvalue weighted by Gasteiger charge is 2.50. The fraction of sp³-hybridized carbons (Fsp3) is 0.391. The summed E-state index contributed by atoms with van der Waals surface area (Å²) < 4.78 is 55.0. The second-order valence-corrected chi connectivity index (χ2v) is 8.81. The molecule has 0 aliphatic heterocycles. The van der Waals surface area contributed by atoms with Crippen molar-refractivity contribution in [1.29, 1.82) is 0 Å². The highest BCUT2D eigenvalue weighted by Crippen LogP contribution is 2.49. The third-order valence-electron chi connectivity index (χ3n) is 6.01. The molecule has 0 unspecified atom stereocenters. The Kier molecular flexibility index (Phi) is 6.56. The maximum Gasteiger partial charge on any atom is 0.392 e. The molecule has 1 aliphatic carbocycles. The predicted octanol–water partition coefficient (Wildman–Crippen LogP) is 6.12. The molecular weight excluding hydrogens is 450 g/mol. The molecule has 2 N–H and O–H groups in total. The molecule has 2 aromatic rings. The average molecular weight is 472 g/mol. The van der Waals surface area contributed by atoms with E-state index in [0.29, 0.717) is 24.0 Å². The zero-order valence-electron chi connectivity index (χ0n) is 17.4. The summed E-state index contributed by atoms with van der Waals surface area (Å²) in [6.45, 7) is 2.49. The van der Waals surface area contributed by atoms with Crippen LogP contribution in [0.4, 0.5) is 23.2 Å². The summed E-state index contributed by atoms with van der Waals surface area (Å²) in [4.78, 5) is 24.5. The smallest absolute Gasteiger partial charge is 0.392 e. The first-order valence-electron chi connectivity index (χ1n) is 9.99. The Morgan fingerprint density at radius 2 is 1.84 bits per heavy atom. The number of carboxylic acid groups (broad SMARTS) is 1. The third kappa shape index (κ3) is 5.06. The Bertz CT molecular complexity index is 1050. The van der Waals surface area contributed by atoms with Crippen molar-refractivity contribution < 1.29 is 32.3 Å². The van der Waals surface area contributed by atoms with Gasteiger partial charge in [0, 0.05) is 16.3 Å². The van der Waals surface area contributed by atoms with Gasteiger partial charge in [-0.3, -0.25) is 9.59 Å². The molecule has 0 heterocycles. The molecule has 3 rings (SSSR count). The lowest BCUT2D eigenvalue weighted by atomic mass is 9.85. The van der Waals surface area contributed by atoms with E-state index in [1.54, 1.807) is 25.1 Å². The number of amides is 1. The first-order valence-corrected chi connectivity index (χ1v) is 10.4. The fourth-order valence-corrected chi connectivity index (χ4v) is 3.87. The SMILES string of the molecule is Cc1ccc(CC2(C(=O)O)CC2)cc1NC(=O)[C@H](c1ccc(Cl)cc1F)[C@@H](C)C(F)(F)F. The van der Waals surface area contributed by atoms with E-state index in [9.17, 15) is 32.3 Å². The molecule has 0 spiro atoms. The Balaban J connectivity index is 1.92. The van der Waals surface area contributed by atoms with Crippen LogP contribution in [0.25, 0.3) is 0 Å². The first kappa shape index (κ1) is 24.0. The molecule has 0 radical (unpaired) electrons. The minimum atomic E-state index is -4.75. The van der Waals surface area contributed by atoms with Gasteiger partial charge in [0.2, 0.25) is 5.91 Å². The standard InChI is InChI=1S/C23H22ClF4NO3/c1-12-3-4-14(11-22(7-8-22)21(31)32)9-18(12)29-20(30)19(13(2)23(26,27)28)16-6-5-15(24)10-17(16)25/h3-6,9-10,13,19H,7-8,11H2,1-2H3,(H,29,30)(H,31,32)/t13-,19+/m1/s1. The van der Waals surface area contributed by atoms with Crippen molar-refractivity contribution in [1.82, 2.24) is 0 Å². The summed E-state index contributed by atoms with van der Waals surface area (Å²) in [5.74, 6) is -6.93. The highest BCUT2D eigenvalue weighted by molar-refractivity contribution is 6.30. The molecule has 1 amide bonds. The Labute approximate surface area is 187 Å². The number of hydrogen-bond donors (Lipinski definition) is 2. The van der Waals surface area contributed by atoms with Crippen LogP contribution in [0.3, 0.4) is 0 Å². The van der Waals surface area contributed by atoms with Crippen LogP contribution >= 0.6 is 11.6 Å². The van der Waals surface area contributed by atoms with Crippen LogP contribution in [0.2, 0.25) is 5.02 Å². The summed E-state index contributed by atoms with van der Waals surface area (Å²) >= 11 is 5.71.